The van der Waals surface area contributed by atoms with Crippen LogP contribution in [0.5, 0.6) is 11.8 Å². The smallest absolute Gasteiger partial charge is 0.232 e. The highest BCUT2D eigenvalue weighted by molar-refractivity contribution is 6.31. The molecule has 30 heavy (non-hydrogen) atoms. The average Bonchev–Trinajstić information content (AvgIpc) is 2.71. The Morgan fingerprint density at radius 3 is 1.77 bits per heavy atom. The van der Waals surface area contributed by atoms with Crippen LogP contribution in [0.25, 0.3) is 0 Å². The first-order chi connectivity index (χ1) is 14.3. The Bertz CT molecular complexity index is 825. The average molecular weight is 430 g/mol. The summed E-state index contributed by atoms with van der Waals surface area (Å²) in [5.74, 6) is 1.28. The predicted molar refractivity (Wildman–Crippen MR) is 124 cm³/mol. The number of hydrogen-bond acceptors (Lipinski definition) is 5. The van der Waals surface area contributed by atoms with Crippen molar-refractivity contribution in [1.29, 1.82) is 0 Å². The van der Waals surface area contributed by atoms with Crippen molar-refractivity contribution in [2.24, 2.45) is 0 Å². The van der Waals surface area contributed by atoms with Gasteiger partial charge >= 0.3 is 0 Å². The minimum Gasteiger partial charge on any atom is -0.478 e. The van der Waals surface area contributed by atoms with Crippen molar-refractivity contribution in [2.75, 3.05) is 13.2 Å². The Morgan fingerprint density at radius 1 is 0.700 bits per heavy atom. The van der Waals surface area contributed by atoms with Gasteiger partial charge in [-0.25, -0.2) is 9.97 Å². The van der Waals surface area contributed by atoms with Crippen molar-refractivity contribution < 1.29 is 9.47 Å². The van der Waals surface area contributed by atoms with Gasteiger partial charge in [0.2, 0.25) is 11.8 Å². The largest absolute Gasteiger partial charge is 0.478 e. The first-order valence-corrected chi connectivity index (χ1v) is 10.4. The van der Waals surface area contributed by atoms with Crippen LogP contribution in [-0.2, 0) is 0 Å². The van der Waals surface area contributed by atoms with Crippen LogP contribution < -0.4 is 9.47 Å². The van der Waals surface area contributed by atoms with E-state index in [0.29, 0.717) is 24.1 Å². The van der Waals surface area contributed by atoms with Crippen molar-refractivity contribution in [3.63, 3.8) is 0 Å². The summed E-state index contributed by atoms with van der Waals surface area (Å²) in [5.41, 5.74) is 5.31. The molecule has 0 aromatic carbocycles. The molecule has 0 radical (unpaired) electrons. The van der Waals surface area contributed by atoms with Crippen molar-refractivity contribution in [3.05, 3.63) is 75.8 Å². The second kappa shape index (κ2) is 13.5. The summed E-state index contributed by atoms with van der Waals surface area (Å²) >= 11 is 5.79. The van der Waals surface area contributed by atoms with Gasteiger partial charge in [0.1, 0.15) is 5.02 Å². The number of nitrogens with zero attached hydrogens (tertiary/aromatic N) is 3. The maximum absolute atomic E-state index is 5.79. The second-order valence-corrected chi connectivity index (χ2v) is 7.06. The minimum atomic E-state index is 0.522. The maximum atomic E-state index is 5.79. The Morgan fingerprint density at radius 2 is 1.23 bits per heavy atom. The normalized spacial score (nSPS) is 9.60. The van der Waals surface area contributed by atoms with E-state index in [0.717, 1.165) is 28.5 Å². The molecular weight excluding hydrogens is 398 g/mol. The van der Waals surface area contributed by atoms with Crippen LogP contribution >= 0.6 is 11.6 Å². The van der Waals surface area contributed by atoms with E-state index in [1.807, 2.05) is 78.9 Å². The Kier molecular flexibility index (Phi) is 11.5. The molecule has 0 saturated carbocycles. The van der Waals surface area contributed by atoms with Gasteiger partial charge in [-0.2, -0.15) is 0 Å². The lowest BCUT2D eigenvalue weighted by Crippen LogP contribution is -1.97. The number of pyridine rings is 3. The van der Waals surface area contributed by atoms with E-state index in [9.17, 15) is 0 Å². The Labute approximate surface area is 185 Å². The molecule has 6 heteroatoms. The fourth-order valence-corrected chi connectivity index (χ4v) is 2.34. The molecule has 0 aliphatic heterocycles. The van der Waals surface area contributed by atoms with E-state index in [4.69, 9.17) is 21.1 Å². The van der Waals surface area contributed by atoms with Gasteiger partial charge < -0.3 is 9.47 Å². The molecular formula is C24H32ClN3O2. The zero-order valence-corrected chi connectivity index (χ0v) is 19.7. The lowest BCUT2D eigenvalue weighted by molar-refractivity contribution is 0.323. The van der Waals surface area contributed by atoms with Gasteiger partial charge in [0.05, 0.1) is 13.2 Å². The quantitative estimate of drug-likeness (QED) is 0.491. The fraction of sp³-hybridized carbons (Fsp3) is 0.375. The Balaban J connectivity index is 0.000000228. The zero-order chi connectivity index (χ0) is 22.5. The van der Waals surface area contributed by atoms with Crippen LogP contribution in [0.1, 0.15) is 42.1 Å². The summed E-state index contributed by atoms with van der Waals surface area (Å²) in [7, 11) is 0. The van der Waals surface area contributed by atoms with Crippen LogP contribution in [0.15, 0.2) is 42.6 Å². The topological polar surface area (TPSA) is 57.1 Å². The lowest BCUT2D eigenvalue weighted by atomic mass is 10.3. The first kappa shape index (κ1) is 25.4. The summed E-state index contributed by atoms with van der Waals surface area (Å²) in [5, 5.41) is 0.567. The van der Waals surface area contributed by atoms with Crippen molar-refractivity contribution in [3.8, 4) is 11.8 Å². The third kappa shape index (κ3) is 9.70. The lowest BCUT2D eigenvalue weighted by Gasteiger charge is -2.05. The van der Waals surface area contributed by atoms with Gasteiger partial charge in [-0.05, 0) is 78.3 Å². The number of rotatable bonds is 4. The molecule has 5 nitrogen and oxygen atoms in total. The number of aromatic nitrogens is 3. The molecule has 0 N–H and O–H groups in total. The SMILES string of the molecule is CCOc1nc(C)ccc1C.CCOc1nc(C)ccc1Cl.Cc1ccc(C)nc1. The number of halogens is 1. The van der Waals surface area contributed by atoms with Gasteiger partial charge in [0.25, 0.3) is 0 Å². The molecule has 0 unspecified atom stereocenters. The summed E-state index contributed by atoms with van der Waals surface area (Å²) in [4.78, 5) is 12.4. The van der Waals surface area contributed by atoms with Crippen LogP contribution in [0.3, 0.4) is 0 Å². The molecule has 162 valence electrons. The van der Waals surface area contributed by atoms with Gasteiger partial charge in [0.15, 0.2) is 0 Å². The van der Waals surface area contributed by atoms with Crippen molar-refractivity contribution in [1.82, 2.24) is 15.0 Å². The highest BCUT2D eigenvalue weighted by atomic mass is 35.5. The molecule has 3 aromatic heterocycles. The molecule has 0 saturated heterocycles. The molecule has 3 aromatic rings. The molecule has 0 bridgehead atoms. The van der Waals surface area contributed by atoms with E-state index < -0.39 is 0 Å². The third-order valence-corrected chi connectivity index (χ3v) is 4.05. The monoisotopic (exact) mass is 429 g/mol. The third-order valence-electron chi connectivity index (χ3n) is 3.76. The maximum Gasteiger partial charge on any atom is 0.232 e. The van der Waals surface area contributed by atoms with E-state index >= 15 is 0 Å². The molecule has 3 rings (SSSR count). The molecule has 0 atom stereocenters. The summed E-state index contributed by atoms with van der Waals surface area (Å²) in [6.45, 7) is 15.0. The summed E-state index contributed by atoms with van der Waals surface area (Å²) < 4.78 is 10.5. The molecule has 0 aliphatic rings. The summed E-state index contributed by atoms with van der Waals surface area (Å²) in [6.07, 6.45) is 1.87. The zero-order valence-electron chi connectivity index (χ0n) is 19.0. The van der Waals surface area contributed by atoms with Crippen LogP contribution in [0.2, 0.25) is 5.02 Å². The summed E-state index contributed by atoms with van der Waals surface area (Å²) in [6, 6.07) is 11.7. The number of ether oxygens (including phenoxy) is 2. The van der Waals surface area contributed by atoms with Crippen molar-refractivity contribution >= 4 is 11.6 Å². The van der Waals surface area contributed by atoms with E-state index in [-0.39, 0.29) is 0 Å². The van der Waals surface area contributed by atoms with Gasteiger partial charge in [-0.1, -0.05) is 23.7 Å². The number of aryl methyl sites for hydroxylation is 5. The highest BCUT2D eigenvalue weighted by Gasteiger charge is 2.01. The van der Waals surface area contributed by atoms with Gasteiger partial charge in [-0.15, -0.1) is 0 Å². The highest BCUT2D eigenvalue weighted by Crippen LogP contribution is 2.21. The molecule has 0 amide bonds. The number of hydrogen-bond donors (Lipinski definition) is 0. The van der Waals surface area contributed by atoms with Gasteiger partial charge in [0, 0.05) is 28.8 Å². The standard InChI is InChI=1S/C9H13NO.C8H10ClNO.C7H9N/c1-4-11-9-7(2)5-6-8(3)10-9;1-3-11-8-7(9)5-4-6(2)10-8;1-6-3-4-7(2)8-5-6/h5-6H,4H2,1-3H3;4-5H,3H2,1-2H3;3-5H,1-2H3. The first-order valence-electron chi connectivity index (χ1n) is 9.99. The van der Waals surface area contributed by atoms with Gasteiger partial charge in [-0.3, -0.25) is 4.98 Å². The fourth-order valence-electron chi connectivity index (χ4n) is 2.18. The van der Waals surface area contributed by atoms with Crippen LogP contribution in [0.4, 0.5) is 0 Å². The molecule has 3 heterocycles. The van der Waals surface area contributed by atoms with Crippen molar-refractivity contribution in [2.45, 2.75) is 48.5 Å². The second-order valence-electron chi connectivity index (χ2n) is 6.66. The molecule has 0 spiro atoms. The minimum absolute atomic E-state index is 0.522. The van der Waals surface area contributed by atoms with E-state index in [2.05, 4.69) is 21.0 Å². The van der Waals surface area contributed by atoms with Crippen LogP contribution in [-0.4, -0.2) is 28.2 Å². The predicted octanol–water partition coefficient (Wildman–Crippen LogP) is 6.24. The van der Waals surface area contributed by atoms with E-state index in [1.165, 1.54) is 5.56 Å². The van der Waals surface area contributed by atoms with E-state index in [1.54, 1.807) is 6.07 Å². The van der Waals surface area contributed by atoms with Crippen LogP contribution in [0, 0.1) is 34.6 Å². The molecule has 0 fully saturated rings. The Hall–Kier alpha value is -2.66. The molecule has 0 aliphatic carbocycles.